The minimum Gasteiger partial charge on any atom is -0.502 e. The number of halogens is 1. The summed E-state index contributed by atoms with van der Waals surface area (Å²) >= 11 is 0. The van der Waals surface area contributed by atoms with Gasteiger partial charge in [-0.3, -0.25) is 9.40 Å². The highest BCUT2D eigenvalue weighted by Gasteiger charge is 2.15. The molecule has 31 heavy (non-hydrogen) atoms. The Morgan fingerprint density at radius 3 is 2.84 bits per heavy atom. The number of aromatic hydroxyl groups is 1. The zero-order chi connectivity index (χ0) is 21.6. The van der Waals surface area contributed by atoms with Crippen LogP contribution in [-0.2, 0) is 0 Å². The molecule has 1 N–H and O–H groups in total. The highest BCUT2D eigenvalue weighted by atomic mass is 19.1. The molecule has 1 aliphatic heterocycles. The molecule has 0 atom stereocenters. The Bertz CT molecular complexity index is 1170. The second-order valence-electron chi connectivity index (χ2n) is 7.21. The number of nitrogens with zero attached hydrogens (tertiary/aromatic N) is 2. The van der Waals surface area contributed by atoms with Gasteiger partial charge in [0.25, 0.3) is 0 Å². The molecule has 2 heterocycles. The molecule has 0 saturated carbocycles. The monoisotopic (exact) mass is 422 g/mol. The topological polar surface area (TPSA) is 75.3 Å². The first-order valence-corrected chi connectivity index (χ1v) is 10.2. The molecule has 0 aliphatic carbocycles. The SMILES string of the molecule is O=c1cc(-c2ccccc2)c2ccc(OCCN3C=C(CCF)CCC=N3)c(O)c2o1. The average molecular weight is 422 g/mol. The van der Waals surface area contributed by atoms with E-state index in [1.165, 1.54) is 6.07 Å². The van der Waals surface area contributed by atoms with Gasteiger partial charge in [0.05, 0.1) is 13.2 Å². The molecule has 7 heteroatoms. The lowest BCUT2D eigenvalue weighted by atomic mass is 10.0. The van der Waals surface area contributed by atoms with Crippen LogP contribution >= 0.6 is 0 Å². The van der Waals surface area contributed by atoms with Gasteiger partial charge in [0.1, 0.15) is 6.61 Å². The van der Waals surface area contributed by atoms with Crippen LogP contribution in [0.4, 0.5) is 4.39 Å². The summed E-state index contributed by atoms with van der Waals surface area (Å²) in [6.45, 7) is 0.271. The zero-order valence-electron chi connectivity index (χ0n) is 17.0. The highest BCUT2D eigenvalue weighted by molar-refractivity contribution is 5.97. The van der Waals surface area contributed by atoms with Crippen molar-refractivity contribution in [3.63, 3.8) is 0 Å². The van der Waals surface area contributed by atoms with Crippen LogP contribution in [0.5, 0.6) is 11.5 Å². The normalized spacial score (nSPS) is 13.8. The third-order valence-corrected chi connectivity index (χ3v) is 5.08. The zero-order valence-corrected chi connectivity index (χ0v) is 17.0. The number of rotatable bonds is 7. The number of phenolic OH excluding ortho intramolecular Hbond substituents is 1. The number of hydrogen-bond acceptors (Lipinski definition) is 6. The largest absolute Gasteiger partial charge is 0.502 e. The molecular weight excluding hydrogens is 399 g/mol. The van der Waals surface area contributed by atoms with Crippen molar-refractivity contribution in [2.24, 2.45) is 5.10 Å². The molecule has 0 amide bonds. The third kappa shape index (κ3) is 4.77. The van der Waals surface area contributed by atoms with E-state index in [9.17, 15) is 14.3 Å². The quantitative estimate of drug-likeness (QED) is 0.550. The lowest BCUT2D eigenvalue weighted by Crippen LogP contribution is -2.18. The van der Waals surface area contributed by atoms with Crippen molar-refractivity contribution >= 4 is 17.2 Å². The van der Waals surface area contributed by atoms with E-state index in [0.29, 0.717) is 23.9 Å². The van der Waals surface area contributed by atoms with Gasteiger partial charge < -0.3 is 14.3 Å². The van der Waals surface area contributed by atoms with Crippen molar-refractivity contribution in [2.75, 3.05) is 19.8 Å². The summed E-state index contributed by atoms with van der Waals surface area (Å²) in [5.74, 6) is -0.00645. The minimum atomic E-state index is -0.553. The lowest BCUT2D eigenvalue weighted by molar-refractivity contribution is 0.250. The summed E-state index contributed by atoms with van der Waals surface area (Å²) in [6, 6.07) is 14.3. The van der Waals surface area contributed by atoms with Crippen LogP contribution in [0.3, 0.4) is 0 Å². The van der Waals surface area contributed by atoms with E-state index in [1.807, 2.05) is 36.5 Å². The maximum atomic E-state index is 12.7. The molecule has 0 spiro atoms. The molecule has 0 fully saturated rings. The summed E-state index contributed by atoms with van der Waals surface area (Å²) in [4.78, 5) is 12.1. The number of ether oxygens (including phenoxy) is 1. The van der Waals surface area contributed by atoms with E-state index in [4.69, 9.17) is 9.15 Å². The van der Waals surface area contributed by atoms with Gasteiger partial charge in [0, 0.05) is 23.9 Å². The standard InChI is InChI=1S/C24H23FN2O4/c25-11-10-17-5-4-12-26-27(16-17)13-14-30-21-9-8-19-20(18-6-2-1-3-7-18)15-22(28)31-24(19)23(21)29/h1-3,6-9,12,15-16,29H,4-5,10-11,13-14H2. The van der Waals surface area contributed by atoms with Gasteiger partial charge in [-0.25, -0.2) is 4.79 Å². The predicted octanol–water partition coefficient (Wildman–Crippen LogP) is 4.87. The molecule has 0 bridgehead atoms. The highest BCUT2D eigenvalue weighted by Crippen LogP contribution is 2.37. The van der Waals surface area contributed by atoms with Gasteiger partial charge in [-0.2, -0.15) is 5.10 Å². The fourth-order valence-corrected chi connectivity index (χ4v) is 3.57. The number of alkyl halides is 1. The van der Waals surface area contributed by atoms with Crippen LogP contribution in [0.15, 0.2) is 74.6 Å². The van der Waals surface area contributed by atoms with Crippen molar-refractivity contribution in [1.29, 1.82) is 0 Å². The van der Waals surface area contributed by atoms with Crippen LogP contribution < -0.4 is 10.4 Å². The van der Waals surface area contributed by atoms with Crippen molar-refractivity contribution in [2.45, 2.75) is 19.3 Å². The van der Waals surface area contributed by atoms with Gasteiger partial charge in [0.2, 0.25) is 5.75 Å². The second kappa shape index (κ2) is 9.47. The molecule has 160 valence electrons. The van der Waals surface area contributed by atoms with Crippen molar-refractivity contribution in [1.82, 2.24) is 5.01 Å². The Morgan fingerprint density at radius 1 is 1.19 bits per heavy atom. The molecule has 0 saturated heterocycles. The molecule has 0 radical (unpaired) electrons. The van der Waals surface area contributed by atoms with E-state index < -0.39 is 12.3 Å². The number of fused-ring (bicyclic) bond motifs is 1. The third-order valence-electron chi connectivity index (χ3n) is 5.08. The van der Waals surface area contributed by atoms with E-state index in [0.717, 1.165) is 24.0 Å². The van der Waals surface area contributed by atoms with Crippen LogP contribution in [0, 0.1) is 0 Å². The maximum Gasteiger partial charge on any atom is 0.336 e. The van der Waals surface area contributed by atoms with E-state index in [2.05, 4.69) is 5.10 Å². The summed E-state index contributed by atoms with van der Waals surface area (Å²) in [5.41, 5.74) is 2.07. The Hall–Kier alpha value is -3.61. The van der Waals surface area contributed by atoms with Gasteiger partial charge in [-0.1, -0.05) is 30.3 Å². The number of phenols is 1. The number of hydrazone groups is 1. The van der Waals surface area contributed by atoms with Crippen LogP contribution in [0.25, 0.3) is 22.1 Å². The van der Waals surface area contributed by atoms with Gasteiger partial charge in [-0.05, 0) is 48.1 Å². The Balaban J connectivity index is 1.55. The fourth-order valence-electron chi connectivity index (χ4n) is 3.57. The summed E-state index contributed by atoms with van der Waals surface area (Å²) in [7, 11) is 0. The second-order valence-corrected chi connectivity index (χ2v) is 7.21. The average Bonchev–Trinajstić information content (AvgIpc) is 3.01. The fraction of sp³-hybridized carbons (Fsp3) is 0.250. The van der Waals surface area contributed by atoms with Crippen LogP contribution in [0.1, 0.15) is 19.3 Å². The number of benzene rings is 2. The molecule has 1 aliphatic rings. The first-order valence-electron chi connectivity index (χ1n) is 10.2. The Labute approximate surface area is 178 Å². The molecule has 4 rings (SSSR count). The predicted molar refractivity (Wildman–Crippen MR) is 118 cm³/mol. The van der Waals surface area contributed by atoms with Crippen LogP contribution in [0.2, 0.25) is 0 Å². The minimum absolute atomic E-state index is 0.0850. The molecular formula is C24H23FN2O4. The van der Waals surface area contributed by atoms with Gasteiger partial charge >= 0.3 is 5.63 Å². The molecule has 2 aromatic carbocycles. The van der Waals surface area contributed by atoms with Crippen molar-refractivity contribution in [3.8, 4) is 22.6 Å². The summed E-state index contributed by atoms with van der Waals surface area (Å²) in [5, 5.41) is 17.3. The molecule has 3 aromatic rings. The number of hydrogen-bond donors (Lipinski definition) is 1. The van der Waals surface area contributed by atoms with Crippen molar-refractivity contribution in [3.05, 3.63) is 70.7 Å². The molecule has 6 nitrogen and oxygen atoms in total. The Morgan fingerprint density at radius 2 is 2.03 bits per heavy atom. The first kappa shape index (κ1) is 20.7. The lowest BCUT2D eigenvalue weighted by Gasteiger charge is -2.16. The van der Waals surface area contributed by atoms with E-state index in [1.54, 1.807) is 23.4 Å². The van der Waals surface area contributed by atoms with Crippen LogP contribution in [-0.4, -0.2) is 36.2 Å². The van der Waals surface area contributed by atoms with E-state index in [-0.39, 0.29) is 23.7 Å². The van der Waals surface area contributed by atoms with Gasteiger partial charge in [0.15, 0.2) is 11.3 Å². The van der Waals surface area contributed by atoms with E-state index >= 15 is 0 Å². The van der Waals surface area contributed by atoms with Gasteiger partial charge in [-0.15, -0.1) is 0 Å². The molecule has 1 aromatic heterocycles. The molecule has 0 unspecified atom stereocenters. The summed E-state index contributed by atoms with van der Waals surface area (Å²) in [6.07, 6.45) is 5.61. The first-order chi connectivity index (χ1) is 15.2. The maximum absolute atomic E-state index is 12.7. The summed E-state index contributed by atoms with van der Waals surface area (Å²) < 4.78 is 23.7. The smallest absolute Gasteiger partial charge is 0.336 e. The number of allylic oxidation sites excluding steroid dienone is 1. The Kier molecular flexibility index (Phi) is 6.31. The van der Waals surface area contributed by atoms with Crippen molar-refractivity contribution < 1.29 is 18.7 Å².